The number of sulfonamides is 1. The van der Waals surface area contributed by atoms with E-state index in [2.05, 4.69) is 4.98 Å². The quantitative estimate of drug-likeness (QED) is 0.788. The van der Waals surface area contributed by atoms with Gasteiger partial charge in [0.15, 0.2) is 0 Å². The zero-order chi connectivity index (χ0) is 14.2. The molecule has 0 radical (unpaired) electrons. The van der Waals surface area contributed by atoms with Gasteiger partial charge in [-0.15, -0.1) is 0 Å². The number of hydrogen-bond acceptors (Lipinski definition) is 3. The van der Waals surface area contributed by atoms with Crippen LogP contribution in [0.1, 0.15) is 38.5 Å². The first-order valence-electron chi connectivity index (χ1n) is 7.14. The van der Waals surface area contributed by atoms with Crippen LogP contribution in [0.2, 0.25) is 5.15 Å². The van der Waals surface area contributed by atoms with Gasteiger partial charge in [0.05, 0.1) is 4.90 Å². The van der Waals surface area contributed by atoms with Crippen LogP contribution in [0, 0.1) is 5.41 Å². The summed E-state index contributed by atoms with van der Waals surface area (Å²) >= 11 is 5.79. The van der Waals surface area contributed by atoms with Gasteiger partial charge in [-0.3, -0.25) is 0 Å². The van der Waals surface area contributed by atoms with Crippen molar-refractivity contribution < 1.29 is 8.42 Å². The molecule has 4 nitrogen and oxygen atoms in total. The van der Waals surface area contributed by atoms with Crippen LogP contribution in [0.25, 0.3) is 0 Å². The van der Waals surface area contributed by atoms with E-state index >= 15 is 0 Å². The summed E-state index contributed by atoms with van der Waals surface area (Å²) in [4.78, 5) is 4.09. The molecule has 0 atom stereocenters. The lowest BCUT2D eigenvalue weighted by molar-refractivity contribution is 0.160. The molecule has 0 amide bonds. The molecule has 0 N–H and O–H groups in total. The molecule has 1 aromatic rings. The predicted molar refractivity (Wildman–Crippen MR) is 78.1 cm³/mol. The van der Waals surface area contributed by atoms with Crippen molar-refractivity contribution in [3.05, 3.63) is 23.5 Å². The smallest absolute Gasteiger partial charge is 0.243 e. The van der Waals surface area contributed by atoms with Gasteiger partial charge in [0, 0.05) is 19.3 Å². The number of nitrogens with zero attached hydrogens (tertiary/aromatic N) is 2. The Hall–Kier alpha value is -0.650. The van der Waals surface area contributed by atoms with Crippen molar-refractivity contribution in [3.8, 4) is 0 Å². The largest absolute Gasteiger partial charge is 0.244 e. The van der Waals surface area contributed by atoms with Crippen molar-refractivity contribution in [1.29, 1.82) is 0 Å². The van der Waals surface area contributed by atoms with Crippen LogP contribution in [-0.4, -0.2) is 30.8 Å². The molecule has 2 aliphatic rings. The summed E-state index contributed by atoms with van der Waals surface area (Å²) in [5.74, 6) is 0. The Morgan fingerprint density at radius 2 is 1.80 bits per heavy atom. The molecule has 3 rings (SSSR count). The number of piperidine rings is 1. The van der Waals surface area contributed by atoms with Crippen molar-refractivity contribution in [3.63, 3.8) is 0 Å². The fraction of sp³-hybridized carbons (Fsp3) is 0.643. The standard InChI is InChI=1S/C14H19ClN2O2S/c15-13-11-12(3-8-16-13)20(18,19)17-9-6-14(7-10-17)4-1-2-5-14/h3,8,11H,1-2,4-7,9-10H2. The van der Waals surface area contributed by atoms with E-state index in [4.69, 9.17) is 11.6 Å². The molecule has 1 saturated carbocycles. The minimum atomic E-state index is -3.42. The highest BCUT2D eigenvalue weighted by Gasteiger charge is 2.40. The van der Waals surface area contributed by atoms with E-state index in [-0.39, 0.29) is 10.0 Å². The number of halogens is 1. The second kappa shape index (κ2) is 5.28. The van der Waals surface area contributed by atoms with Gasteiger partial charge in [-0.25, -0.2) is 13.4 Å². The molecule has 1 spiro atoms. The van der Waals surface area contributed by atoms with Crippen molar-refractivity contribution in [2.75, 3.05) is 13.1 Å². The average molecular weight is 315 g/mol. The molecule has 2 heterocycles. The SMILES string of the molecule is O=S(=O)(c1ccnc(Cl)c1)N1CCC2(CCCC2)CC1. The molecule has 110 valence electrons. The Morgan fingerprint density at radius 1 is 1.15 bits per heavy atom. The van der Waals surface area contributed by atoms with Gasteiger partial charge in [0.25, 0.3) is 0 Å². The third-order valence-electron chi connectivity index (χ3n) is 4.78. The maximum Gasteiger partial charge on any atom is 0.243 e. The van der Waals surface area contributed by atoms with Crippen LogP contribution >= 0.6 is 11.6 Å². The second-order valence-electron chi connectivity index (χ2n) is 5.93. The lowest BCUT2D eigenvalue weighted by Crippen LogP contribution is -2.42. The summed E-state index contributed by atoms with van der Waals surface area (Å²) in [6.45, 7) is 1.25. The Labute approximate surface area is 125 Å². The minimum absolute atomic E-state index is 0.218. The summed E-state index contributed by atoms with van der Waals surface area (Å²) in [6.07, 6.45) is 8.55. The predicted octanol–water partition coefficient (Wildman–Crippen LogP) is 3.08. The van der Waals surface area contributed by atoms with Gasteiger partial charge in [-0.05, 0) is 43.2 Å². The van der Waals surface area contributed by atoms with Gasteiger partial charge in [-0.1, -0.05) is 24.4 Å². The zero-order valence-corrected chi connectivity index (χ0v) is 13.0. The van der Waals surface area contributed by atoms with Gasteiger partial charge in [-0.2, -0.15) is 4.31 Å². The molecule has 1 aliphatic carbocycles. The molecule has 0 unspecified atom stereocenters. The number of pyridine rings is 1. The van der Waals surface area contributed by atoms with Gasteiger partial charge < -0.3 is 0 Å². The third-order valence-corrected chi connectivity index (χ3v) is 6.88. The minimum Gasteiger partial charge on any atom is -0.244 e. The molecule has 2 fully saturated rings. The number of aromatic nitrogens is 1. The second-order valence-corrected chi connectivity index (χ2v) is 8.25. The van der Waals surface area contributed by atoms with E-state index in [1.54, 1.807) is 4.31 Å². The van der Waals surface area contributed by atoms with Crippen LogP contribution in [0.3, 0.4) is 0 Å². The Balaban J connectivity index is 1.77. The van der Waals surface area contributed by atoms with Crippen LogP contribution in [0.15, 0.2) is 23.2 Å². The molecule has 6 heteroatoms. The summed E-state index contributed by atoms with van der Waals surface area (Å²) in [5.41, 5.74) is 0.419. The van der Waals surface area contributed by atoms with E-state index in [9.17, 15) is 8.42 Å². The molecule has 1 aromatic heterocycles. The maximum absolute atomic E-state index is 12.6. The van der Waals surface area contributed by atoms with Gasteiger partial charge in [0.1, 0.15) is 5.15 Å². The van der Waals surface area contributed by atoms with Crippen molar-refractivity contribution in [2.45, 2.75) is 43.4 Å². The highest BCUT2D eigenvalue weighted by molar-refractivity contribution is 7.89. The van der Waals surface area contributed by atoms with E-state index in [0.29, 0.717) is 18.5 Å². The molecular formula is C14H19ClN2O2S. The highest BCUT2D eigenvalue weighted by Crippen LogP contribution is 2.46. The first kappa shape index (κ1) is 14.3. The Kier molecular flexibility index (Phi) is 3.77. The van der Waals surface area contributed by atoms with Crippen LogP contribution in [0.5, 0.6) is 0 Å². The Morgan fingerprint density at radius 3 is 2.40 bits per heavy atom. The summed E-state index contributed by atoms with van der Waals surface area (Å²) in [5, 5.41) is 0.218. The zero-order valence-electron chi connectivity index (χ0n) is 11.4. The van der Waals surface area contributed by atoms with Gasteiger partial charge >= 0.3 is 0 Å². The van der Waals surface area contributed by atoms with Crippen molar-refractivity contribution in [1.82, 2.24) is 9.29 Å². The maximum atomic E-state index is 12.6. The van der Waals surface area contributed by atoms with Gasteiger partial charge in [0.2, 0.25) is 10.0 Å². The highest BCUT2D eigenvalue weighted by atomic mass is 35.5. The molecule has 20 heavy (non-hydrogen) atoms. The van der Waals surface area contributed by atoms with E-state index < -0.39 is 10.0 Å². The molecule has 0 bridgehead atoms. The number of rotatable bonds is 2. The third kappa shape index (κ3) is 2.59. The first-order valence-corrected chi connectivity index (χ1v) is 8.95. The van der Waals surface area contributed by atoms with Crippen LogP contribution in [-0.2, 0) is 10.0 Å². The summed E-state index contributed by atoms with van der Waals surface area (Å²) in [7, 11) is -3.42. The monoisotopic (exact) mass is 314 g/mol. The number of hydrogen-bond donors (Lipinski definition) is 0. The fourth-order valence-corrected chi connectivity index (χ4v) is 5.21. The topological polar surface area (TPSA) is 50.3 Å². The summed E-state index contributed by atoms with van der Waals surface area (Å²) < 4.78 is 26.8. The normalized spacial score (nSPS) is 23.2. The molecule has 1 saturated heterocycles. The summed E-state index contributed by atoms with van der Waals surface area (Å²) in [6, 6.07) is 2.94. The fourth-order valence-electron chi connectivity index (χ4n) is 3.52. The lowest BCUT2D eigenvalue weighted by atomic mass is 9.78. The van der Waals surface area contributed by atoms with E-state index in [0.717, 1.165) is 12.8 Å². The van der Waals surface area contributed by atoms with E-state index in [1.807, 2.05) is 0 Å². The van der Waals surface area contributed by atoms with Crippen molar-refractivity contribution >= 4 is 21.6 Å². The first-order chi connectivity index (χ1) is 9.52. The molecular weight excluding hydrogens is 296 g/mol. The van der Waals surface area contributed by atoms with Crippen LogP contribution < -0.4 is 0 Å². The average Bonchev–Trinajstić information content (AvgIpc) is 2.87. The van der Waals surface area contributed by atoms with Crippen molar-refractivity contribution in [2.24, 2.45) is 5.41 Å². The Bertz CT molecular complexity index is 587. The molecule has 1 aliphatic heterocycles. The van der Waals surface area contributed by atoms with E-state index in [1.165, 1.54) is 44.0 Å². The van der Waals surface area contributed by atoms with Crippen LogP contribution in [0.4, 0.5) is 0 Å². The molecule has 0 aromatic carbocycles. The lowest BCUT2D eigenvalue weighted by Gasteiger charge is -2.38.